The predicted octanol–water partition coefficient (Wildman–Crippen LogP) is 2.74. The molecule has 0 spiro atoms. The Morgan fingerprint density at radius 3 is 2.70 bits per heavy atom. The number of amides is 1. The van der Waals surface area contributed by atoms with Gasteiger partial charge < -0.3 is 14.6 Å². The maximum absolute atomic E-state index is 13.0. The predicted molar refractivity (Wildman–Crippen MR) is 103 cm³/mol. The van der Waals surface area contributed by atoms with E-state index in [1.54, 1.807) is 6.20 Å². The van der Waals surface area contributed by atoms with Crippen molar-refractivity contribution < 1.29 is 9.53 Å². The third-order valence-electron chi connectivity index (χ3n) is 4.90. The van der Waals surface area contributed by atoms with E-state index in [2.05, 4.69) is 9.97 Å². The Bertz CT molecular complexity index is 992. The summed E-state index contributed by atoms with van der Waals surface area (Å²) in [5.74, 6) is -0.0968. The number of nitrogens with zero attached hydrogens (tertiary/aromatic N) is 2. The maximum Gasteiger partial charge on any atom is 0.254 e. The Balaban J connectivity index is 1.41. The summed E-state index contributed by atoms with van der Waals surface area (Å²) in [7, 11) is 0. The Morgan fingerprint density at radius 2 is 1.93 bits per heavy atom. The molecule has 3 heterocycles. The van der Waals surface area contributed by atoms with Gasteiger partial charge in [-0.3, -0.25) is 14.6 Å². The summed E-state index contributed by atoms with van der Waals surface area (Å²) in [4.78, 5) is 33.7. The van der Waals surface area contributed by atoms with E-state index in [-0.39, 0.29) is 17.6 Å². The van der Waals surface area contributed by atoms with Gasteiger partial charge in [0, 0.05) is 36.3 Å². The summed E-state index contributed by atoms with van der Waals surface area (Å²) in [5.41, 5.74) is 1.79. The first kappa shape index (κ1) is 17.4. The van der Waals surface area contributed by atoms with Gasteiger partial charge in [0.05, 0.1) is 24.0 Å². The number of para-hydroxylation sites is 1. The number of H-pyrrole nitrogens is 1. The standard InChI is InChI=1S/C21H21N3O3/c25-20-13-18(17-6-1-2-7-19(17)23-20)21(26)24-11-8-16(9-12-24)27-14-15-5-3-4-10-22-15/h1-7,10,13,16H,8-9,11-12,14H2,(H,23,25). The number of pyridine rings is 2. The van der Waals surface area contributed by atoms with Gasteiger partial charge in [-0.15, -0.1) is 0 Å². The van der Waals surface area contributed by atoms with Crippen molar-refractivity contribution in [2.24, 2.45) is 0 Å². The number of piperidine rings is 1. The molecule has 6 nitrogen and oxygen atoms in total. The average Bonchev–Trinajstić information content (AvgIpc) is 2.72. The van der Waals surface area contributed by atoms with E-state index in [1.807, 2.05) is 47.4 Å². The van der Waals surface area contributed by atoms with Crippen molar-refractivity contribution in [3.05, 3.63) is 76.3 Å². The second kappa shape index (κ2) is 7.72. The number of benzene rings is 1. The van der Waals surface area contributed by atoms with Crippen molar-refractivity contribution in [2.75, 3.05) is 13.1 Å². The molecule has 1 saturated heterocycles. The fraction of sp³-hybridized carbons (Fsp3) is 0.286. The number of aromatic nitrogens is 2. The van der Waals surface area contributed by atoms with Crippen LogP contribution in [-0.2, 0) is 11.3 Å². The monoisotopic (exact) mass is 363 g/mol. The molecule has 0 bridgehead atoms. The number of likely N-dealkylation sites (tertiary alicyclic amines) is 1. The Hall–Kier alpha value is -2.99. The zero-order valence-corrected chi connectivity index (χ0v) is 14.9. The van der Waals surface area contributed by atoms with Crippen LogP contribution in [0.3, 0.4) is 0 Å². The van der Waals surface area contributed by atoms with Gasteiger partial charge in [0.1, 0.15) is 0 Å². The van der Waals surface area contributed by atoms with Gasteiger partial charge in [0.15, 0.2) is 0 Å². The van der Waals surface area contributed by atoms with Gasteiger partial charge >= 0.3 is 0 Å². The number of hydrogen-bond donors (Lipinski definition) is 1. The molecule has 0 unspecified atom stereocenters. The second-order valence-corrected chi connectivity index (χ2v) is 6.72. The molecule has 4 rings (SSSR count). The van der Waals surface area contributed by atoms with Crippen LogP contribution in [0.2, 0.25) is 0 Å². The topological polar surface area (TPSA) is 75.3 Å². The van der Waals surface area contributed by atoms with Gasteiger partial charge in [-0.05, 0) is 31.0 Å². The van der Waals surface area contributed by atoms with Crippen molar-refractivity contribution in [1.82, 2.24) is 14.9 Å². The van der Waals surface area contributed by atoms with Gasteiger partial charge in [0.25, 0.3) is 5.91 Å². The molecule has 1 aromatic carbocycles. The number of carbonyl (C=O) groups is 1. The molecule has 0 atom stereocenters. The zero-order valence-electron chi connectivity index (χ0n) is 14.9. The molecule has 1 aliphatic rings. The summed E-state index contributed by atoms with van der Waals surface area (Å²) in [6.07, 6.45) is 3.43. The highest BCUT2D eigenvalue weighted by Crippen LogP contribution is 2.21. The van der Waals surface area contributed by atoms with Crippen molar-refractivity contribution in [3.8, 4) is 0 Å². The number of aromatic amines is 1. The number of hydrogen-bond acceptors (Lipinski definition) is 4. The molecule has 6 heteroatoms. The van der Waals surface area contributed by atoms with Crippen LogP contribution in [-0.4, -0.2) is 40.0 Å². The molecule has 2 aromatic heterocycles. The van der Waals surface area contributed by atoms with Gasteiger partial charge in [-0.1, -0.05) is 24.3 Å². The minimum absolute atomic E-state index is 0.0968. The van der Waals surface area contributed by atoms with Crippen molar-refractivity contribution >= 4 is 16.8 Å². The van der Waals surface area contributed by atoms with Crippen LogP contribution >= 0.6 is 0 Å². The fourth-order valence-corrected chi connectivity index (χ4v) is 3.46. The van der Waals surface area contributed by atoms with E-state index in [9.17, 15) is 9.59 Å². The number of ether oxygens (including phenoxy) is 1. The van der Waals surface area contributed by atoms with Gasteiger partial charge in [-0.25, -0.2) is 0 Å². The Kier molecular flexibility index (Phi) is 4.98. The first-order valence-corrected chi connectivity index (χ1v) is 9.13. The number of fused-ring (bicyclic) bond motifs is 1. The van der Waals surface area contributed by atoms with Gasteiger partial charge in [0.2, 0.25) is 5.56 Å². The summed E-state index contributed by atoms with van der Waals surface area (Å²) in [5, 5.41) is 0.774. The smallest absolute Gasteiger partial charge is 0.254 e. The SMILES string of the molecule is O=C(c1cc(=O)[nH]c2ccccc12)N1CCC(OCc2ccccn2)CC1. The van der Waals surface area contributed by atoms with E-state index in [1.165, 1.54) is 6.07 Å². The van der Waals surface area contributed by atoms with Crippen LogP contribution in [0, 0.1) is 0 Å². The second-order valence-electron chi connectivity index (χ2n) is 6.72. The van der Waals surface area contributed by atoms with Crippen LogP contribution in [0.4, 0.5) is 0 Å². The molecule has 27 heavy (non-hydrogen) atoms. The molecular weight excluding hydrogens is 342 g/mol. The van der Waals surface area contributed by atoms with Crippen LogP contribution in [0.5, 0.6) is 0 Å². The highest BCUT2D eigenvalue weighted by molar-refractivity contribution is 6.05. The minimum atomic E-state index is -0.259. The molecule has 0 aliphatic carbocycles. The third kappa shape index (κ3) is 3.90. The summed E-state index contributed by atoms with van der Waals surface area (Å²) >= 11 is 0. The summed E-state index contributed by atoms with van der Waals surface area (Å²) in [6.45, 7) is 1.72. The first-order valence-electron chi connectivity index (χ1n) is 9.13. The molecular formula is C21H21N3O3. The third-order valence-corrected chi connectivity index (χ3v) is 4.90. The maximum atomic E-state index is 13.0. The van der Waals surface area contributed by atoms with Gasteiger partial charge in [-0.2, -0.15) is 0 Å². The summed E-state index contributed by atoms with van der Waals surface area (Å²) in [6, 6.07) is 14.5. The molecule has 1 amide bonds. The molecule has 0 saturated carbocycles. The quantitative estimate of drug-likeness (QED) is 0.773. The minimum Gasteiger partial charge on any atom is -0.372 e. The van der Waals surface area contributed by atoms with Crippen molar-refractivity contribution in [1.29, 1.82) is 0 Å². The largest absolute Gasteiger partial charge is 0.372 e. The Morgan fingerprint density at radius 1 is 1.15 bits per heavy atom. The molecule has 138 valence electrons. The lowest BCUT2D eigenvalue weighted by Gasteiger charge is -2.32. The van der Waals surface area contributed by atoms with E-state index >= 15 is 0 Å². The van der Waals surface area contributed by atoms with E-state index in [4.69, 9.17) is 4.74 Å². The van der Waals surface area contributed by atoms with Crippen molar-refractivity contribution in [2.45, 2.75) is 25.6 Å². The molecule has 3 aromatic rings. The number of rotatable bonds is 4. The molecule has 1 N–H and O–H groups in total. The molecule has 1 fully saturated rings. The van der Waals surface area contributed by atoms with Crippen molar-refractivity contribution in [3.63, 3.8) is 0 Å². The highest BCUT2D eigenvalue weighted by Gasteiger charge is 2.25. The van der Waals surface area contributed by atoms with E-state index < -0.39 is 0 Å². The first-order chi connectivity index (χ1) is 13.2. The van der Waals surface area contributed by atoms with Crippen LogP contribution < -0.4 is 5.56 Å². The van der Waals surface area contributed by atoms with Crippen LogP contribution in [0.1, 0.15) is 28.9 Å². The van der Waals surface area contributed by atoms with Crippen LogP contribution in [0.15, 0.2) is 59.5 Å². The summed E-state index contributed by atoms with van der Waals surface area (Å²) < 4.78 is 5.94. The normalized spacial score (nSPS) is 15.2. The van der Waals surface area contributed by atoms with Crippen LogP contribution in [0.25, 0.3) is 10.9 Å². The average molecular weight is 363 g/mol. The number of carbonyl (C=O) groups excluding carboxylic acids is 1. The molecule has 1 aliphatic heterocycles. The lowest BCUT2D eigenvalue weighted by atomic mass is 10.0. The van der Waals surface area contributed by atoms with E-state index in [0.29, 0.717) is 30.8 Å². The van der Waals surface area contributed by atoms with E-state index in [0.717, 1.165) is 23.9 Å². The highest BCUT2D eigenvalue weighted by atomic mass is 16.5. The Labute approximate surface area is 156 Å². The fourth-order valence-electron chi connectivity index (χ4n) is 3.46. The lowest BCUT2D eigenvalue weighted by Crippen LogP contribution is -2.41. The molecule has 0 radical (unpaired) electrons. The number of nitrogens with one attached hydrogen (secondary N) is 1. The zero-order chi connectivity index (χ0) is 18.6. The lowest BCUT2D eigenvalue weighted by molar-refractivity contribution is -0.00156.